The predicted octanol–water partition coefficient (Wildman–Crippen LogP) is 3.17. The fourth-order valence-corrected chi connectivity index (χ4v) is 2.57. The molecular formula is C20H21F2N7O3. The third-order valence-corrected chi connectivity index (χ3v) is 3.94. The van der Waals surface area contributed by atoms with Crippen LogP contribution >= 0.6 is 0 Å². The van der Waals surface area contributed by atoms with Crippen molar-refractivity contribution in [2.45, 2.75) is 19.8 Å². The number of anilines is 3. The molecule has 168 valence electrons. The van der Waals surface area contributed by atoms with Crippen molar-refractivity contribution in [1.82, 2.24) is 24.9 Å². The Labute approximate surface area is 182 Å². The molecule has 0 aliphatic carbocycles. The number of halogens is 2. The van der Waals surface area contributed by atoms with Crippen molar-refractivity contribution in [1.29, 1.82) is 0 Å². The smallest absolute Gasteiger partial charge is 0.303 e. The van der Waals surface area contributed by atoms with Crippen LogP contribution in [0.5, 0.6) is 5.88 Å². The standard InChI is InChI=1S/C20H21F2N7O3/c1-12(30)26-17-8-14(27-16-4-5-24-19(29-16)20(2,21)22)13(9-25-17)15-10-23-11-18(28-15)32-7-6-31-3/h4-5,8-11H,6-7H2,1-3H3,(H2,24,25,26,27,29,30). The maximum absolute atomic E-state index is 13.6. The molecular weight excluding hydrogens is 424 g/mol. The number of aromatic nitrogens is 5. The van der Waals surface area contributed by atoms with Gasteiger partial charge in [0.2, 0.25) is 17.6 Å². The first-order chi connectivity index (χ1) is 15.3. The molecule has 3 aromatic rings. The minimum Gasteiger partial charge on any atom is -0.474 e. The Kier molecular flexibility index (Phi) is 7.15. The minimum atomic E-state index is -3.21. The lowest BCUT2D eigenvalue weighted by Gasteiger charge is -2.15. The second kappa shape index (κ2) is 10.0. The van der Waals surface area contributed by atoms with Crippen LogP contribution in [-0.2, 0) is 15.5 Å². The topological polar surface area (TPSA) is 124 Å². The first kappa shape index (κ1) is 22.9. The molecule has 0 atom stereocenters. The second-order valence-corrected chi connectivity index (χ2v) is 6.66. The van der Waals surface area contributed by atoms with Gasteiger partial charge in [0.25, 0.3) is 0 Å². The number of methoxy groups -OCH3 is 1. The highest BCUT2D eigenvalue weighted by Crippen LogP contribution is 2.31. The van der Waals surface area contributed by atoms with E-state index in [0.717, 1.165) is 0 Å². The molecule has 0 saturated heterocycles. The van der Waals surface area contributed by atoms with E-state index >= 15 is 0 Å². The first-order valence-corrected chi connectivity index (χ1v) is 9.46. The summed E-state index contributed by atoms with van der Waals surface area (Å²) in [6.45, 7) is 2.72. The van der Waals surface area contributed by atoms with Crippen LogP contribution in [-0.4, -0.2) is 51.2 Å². The monoisotopic (exact) mass is 445 g/mol. The van der Waals surface area contributed by atoms with Gasteiger partial charge in [-0.15, -0.1) is 0 Å². The Morgan fingerprint density at radius 2 is 1.94 bits per heavy atom. The maximum Gasteiger partial charge on any atom is 0.303 e. The molecule has 0 radical (unpaired) electrons. The Hall–Kier alpha value is -3.80. The molecule has 12 heteroatoms. The third-order valence-electron chi connectivity index (χ3n) is 3.94. The number of amides is 1. The van der Waals surface area contributed by atoms with Gasteiger partial charge in [-0.3, -0.25) is 9.78 Å². The zero-order valence-electron chi connectivity index (χ0n) is 17.6. The molecule has 0 saturated carbocycles. The zero-order valence-corrected chi connectivity index (χ0v) is 17.6. The van der Waals surface area contributed by atoms with Crippen LogP contribution in [0.15, 0.2) is 36.9 Å². The lowest BCUT2D eigenvalue weighted by atomic mass is 10.1. The SMILES string of the molecule is COCCOc1cncc(-c2cnc(NC(C)=O)cc2Nc2ccnc(C(C)(F)F)n2)n1. The lowest BCUT2D eigenvalue weighted by molar-refractivity contribution is -0.114. The molecule has 32 heavy (non-hydrogen) atoms. The van der Waals surface area contributed by atoms with Crippen molar-refractivity contribution in [2.75, 3.05) is 31.0 Å². The number of nitrogens with one attached hydrogen (secondary N) is 2. The number of pyridine rings is 1. The van der Waals surface area contributed by atoms with Crippen LogP contribution in [0, 0.1) is 0 Å². The van der Waals surface area contributed by atoms with Gasteiger partial charge in [-0.2, -0.15) is 8.78 Å². The Morgan fingerprint density at radius 1 is 1.12 bits per heavy atom. The number of carbonyl (C=O) groups is 1. The van der Waals surface area contributed by atoms with Crippen molar-refractivity contribution in [3.8, 4) is 17.1 Å². The van der Waals surface area contributed by atoms with Crippen LogP contribution in [0.3, 0.4) is 0 Å². The van der Waals surface area contributed by atoms with E-state index in [1.807, 2.05) is 0 Å². The fourth-order valence-electron chi connectivity index (χ4n) is 2.57. The van der Waals surface area contributed by atoms with Crippen LogP contribution < -0.4 is 15.4 Å². The summed E-state index contributed by atoms with van der Waals surface area (Å²) in [5, 5.41) is 5.54. The number of ether oxygens (including phenoxy) is 2. The molecule has 0 spiro atoms. The molecule has 0 aliphatic rings. The number of alkyl halides is 2. The molecule has 0 bridgehead atoms. The van der Waals surface area contributed by atoms with Gasteiger partial charge in [0.1, 0.15) is 18.2 Å². The van der Waals surface area contributed by atoms with E-state index in [4.69, 9.17) is 9.47 Å². The van der Waals surface area contributed by atoms with Crippen molar-refractivity contribution >= 4 is 23.2 Å². The summed E-state index contributed by atoms with van der Waals surface area (Å²) in [6, 6.07) is 2.97. The van der Waals surface area contributed by atoms with E-state index in [-0.39, 0.29) is 30.0 Å². The summed E-state index contributed by atoms with van der Waals surface area (Å²) in [4.78, 5) is 31.7. The highest BCUT2D eigenvalue weighted by molar-refractivity contribution is 5.89. The molecule has 1 amide bonds. The molecule has 0 aliphatic heterocycles. The van der Waals surface area contributed by atoms with Gasteiger partial charge >= 0.3 is 5.92 Å². The molecule has 0 fully saturated rings. The van der Waals surface area contributed by atoms with E-state index in [0.29, 0.717) is 30.5 Å². The summed E-state index contributed by atoms with van der Waals surface area (Å²) in [5.41, 5.74) is 1.28. The van der Waals surface area contributed by atoms with Gasteiger partial charge in [0.05, 0.1) is 30.4 Å². The Balaban J connectivity index is 1.99. The van der Waals surface area contributed by atoms with Crippen LogP contribution in [0.25, 0.3) is 11.3 Å². The average Bonchev–Trinajstić information content (AvgIpc) is 2.74. The number of carbonyl (C=O) groups excluding carboxylic acids is 1. The van der Waals surface area contributed by atoms with Crippen LogP contribution in [0.1, 0.15) is 19.7 Å². The Morgan fingerprint density at radius 3 is 2.66 bits per heavy atom. The third kappa shape index (κ3) is 6.11. The molecule has 0 aromatic carbocycles. The first-order valence-electron chi connectivity index (χ1n) is 9.46. The predicted molar refractivity (Wildman–Crippen MR) is 112 cm³/mol. The number of hydrogen-bond acceptors (Lipinski definition) is 9. The van der Waals surface area contributed by atoms with E-state index in [2.05, 4.69) is 35.6 Å². The number of nitrogens with zero attached hydrogens (tertiary/aromatic N) is 5. The quantitative estimate of drug-likeness (QED) is 0.478. The zero-order chi connectivity index (χ0) is 23.1. The normalized spacial score (nSPS) is 11.2. The van der Waals surface area contributed by atoms with Crippen molar-refractivity contribution in [2.24, 2.45) is 0 Å². The summed E-state index contributed by atoms with van der Waals surface area (Å²) in [6.07, 6.45) is 5.63. The van der Waals surface area contributed by atoms with Crippen LogP contribution in [0.2, 0.25) is 0 Å². The molecule has 2 N–H and O–H groups in total. The summed E-state index contributed by atoms with van der Waals surface area (Å²) in [7, 11) is 1.55. The highest BCUT2D eigenvalue weighted by Gasteiger charge is 2.28. The van der Waals surface area contributed by atoms with Crippen molar-refractivity contribution in [3.05, 3.63) is 42.7 Å². The van der Waals surface area contributed by atoms with Gasteiger partial charge in [-0.05, 0) is 6.07 Å². The average molecular weight is 445 g/mol. The lowest BCUT2D eigenvalue weighted by Crippen LogP contribution is -2.13. The molecule has 10 nitrogen and oxygen atoms in total. The molecule has 3 aromatic heterocycles. The van der Waals surface area contributed by atoms with Gasteiger partial charge in [0.15, 0.2) is 0 Å². The summed E-state index contributed by atoms with van der Waals surface area (Å²) >= 11 is 0. The highest BCUT2D eigenvalue weighted by atomic mass is 19.3. The summed E-state index contributed by atoms with van der Waals surface area (Å²) in [5.74, 6) is -3.52. The van der Waals surface area contributed by atoms with E-state index in [9.17, 15) is 13.6 Å². The van der Waals surface area contributed by atoms with E-state index in [1.54, 1.807) is 7.11 Å². The van der Waals surface area contributed by atoms with Crippen molar-refractivity contribution in [3.63, 3.8) is 0 Å². The van der Waals surface area contributed by atoms with Crippen molar-refractivity contribution < 1.29 is 23.0 Å². The molecule has 0 unspecified atom stereocenters. The minimum absolute atomic E-state index is 0.123. The molecule has 3 rings (SSSR count). The largest absolute Gasteiger partial charge is 0.474 e. The second-order valence-electron chi connectivity index (χ2n) is 6.66. The summed E-state index contributed by atoms with van der Waals surface area (Å²) < 4.78 is 37.7. The van der Waals surface area contributed by atoms with Gasteiger partial charge in [-0.25, -0.2) is 19.9 Å². The van der Waals surface area contributed by atoms with E-state index < -0.39 is 11.7 Å². The Bertz CT molecular complexity index is 1090. The van der Waals surface area contributed by atoms with E-state index in [1.165, 1.54) is 43.8 Å². The van der Waals surface area contributed by atoms with Gasteiger partial charge in [0, 0.05) is 45.0 Å². The van der Waals surface area contributed by atoms with Gasteiger partial charge in [-0.1, -0.05) is 0 Å². The van der Waals surface area contributed by atoms with Crippen LogP contribution in [0.4, 0.5) is 26.1 Å². The maximum atomic E-state index is 13.6. The molecule has 3 heterocycles. The number of rotatable bonds is 9. The van der Waals surface area contributed by atoms with Gasteiger partial charge < -0.3 is 20.1 Å². The fraction of sp³-hybridized carbons (Fsp3) is 0.300. The number of hydrogen-bond donors (Lipinski definition) is 2.